The monoisotopic (exact) mass is 282 g/mol. The van der Waals surface area contributed by atoms with Crippen molar-refractivity contribution in [2.75, 3.05) is 23.8 Å². The molecule has 1 amide bonds. The molecule has 4 heteroatoms. The zero-order chi connectivity index (χ0) is 14.7. The Kier molecular flexibility index (Phi) is 3.77. The van der Waals surface area contributed by atoms with Gasteiger partial charge in [-0.1, -0.05) is 24.3 Å². The molecule has 0 fully saturated rings. The van der Waals surface area contributed by atoms with Gasteiger partial charge in [-0.15, -0.1) is 0 Å². The van der Waals surface area contributed by atoms with Crippen LogP contribution in [0.3, 0.4) is 0 Å². The standard InChI is InChI=1S/C17H18N2O2/c18-14-7-3-8-15(11-14)21-12-17(20)19-10-4-6-13-5-1-2-9-16(13)19/h1-3,5,7-9,11H,4,6,10,12,18H2. The van der Waals surface area contributed by atoms with Crippen molar-refractivity contribution < 1.29 is 9.53 Å². The molecule has 4 nitrogen and oxygen atoms in total. The molecule has 0 spiro atoms. The molecule has 2 aromatic rings. The quantitative estimate of drug-likeness (QED) is 0.880. The Hall–Kier alpha value is -2.49. The van der Waals surface area contributed by atoms with Crippen molar-refractivity contribution >= 4 is 17.3 Å². The number of nitrogen functional groups attached to an aromatic ring is 1. The fourth-order valence-electron chi connectivity index (χ4n) is 2.62. The highest BCUT2D eigenvalue weighted by molar-refractivity contribution is 5.95. The first-order chi connectivity index (χ1) is 10.2. The number of ether oxygens (including phenoxy) is 1. The van der Waals surface area contributed by atoms with Crippen molar-refractivity contribution in [2.24, 2.45) is 0 Å². The van der Waals surface area contributed by atoms with Gasteiger partial charge in [-0.2, -0.15) is 0 Å². The number of carbonyl (C=O) groups excluding carboxylic acids is 1. The fourth-order valence-corrected chi connectivity index (χ4v) is 2.62. The number of aryl methyl sites for hydroxylation is 1. The van der Waals surface area contributed by atoms with Gasteiger partial charge in [0.2, 0.25) is 0 Å². The van der Waals surface area contributed by atoms with E-state index in [1.165, 1.54) is 5.56 Å². The van der Waals surface area contributed by atoms with E-state index in [1.54, 1.807) is 18.2 Å². The van der Waals surface area contributed by atoms with Crippen LogP contribution in [0.25, 0.3) is 0 Å². The number of hydrogen-bond donors (Lipinski definition) is 1. The summed E-state index contributed by atoms with van der Waals surface area (Å²) >= 11 is 0. The summed E-state index contributed by atoms with van der Waals surface area (Å²) in [4.78, 5) is 14.2. The van der Waals surface area contributed by atoms with E-state index in [4.69, 9.17) is 10.5 Å². The minimum absolute atomic E-state index is 0.0235. The highest BCUT2D eigenvalue weighted by atomic mass is 16.5. The lowest BCUT2D eigenvalue weighted by Gasteiger charge is -2.29. The summed E-state index contributed by atoms with van der Waals surface area (Å²) in [6.07, 6.45) is 2.01. The number of amides is 1. The predicted octanol–water partition coefficient (Wildman–Crippen LogP) is 2.63. The van der Waals surface area contributed by atoms with E-state index in [0.29, 0.717) is 11.4 Å². The summed E-state index contributed by atoms with van der Waals surface area (Å²) in [5.41, 5.74) is 8.55. The van der Waals surface area contributed by atoms with Gasteiger partial charge in [0, 0.05) is 24.0 Å². The SMILES string of the molecule is Nc1cccc(OCC(=O)N2CCCc3ccccc32)c1. The molecule has 2 N–H and O–H groups in total. The summed E-state index contributed by atoms with van der Waals surface area (Å²) in [6, 6.07) is 15.2. The molecular weight excluding hydrogens is 264 g/mol. The van der Waals surface area contributed by atoms with E-state index < -0.39 is 0 Å². The van der Waals surface area contributed by atoms with Crippen molar-refractivity contribution in [3.8, 4) is 5.75 Å². The van der Waals surface area contributed by atoms with Crippen molar-refractivity contribution in [1.82, 2.24) is 0 Å². The lowest BCUT2D eigenvalue weighted by molar-refractivity contribution is -0.120. The van der Waals surface area contributed by atoms with Gasteiger partial charge in [0.1, 0.15) is 5.75 Å². The largest absolute Gasteiger partial charge is 0.484 e. The van der Waals surface area contributed by atoms with Crippen molar-refractivity contribution in [2.45, 2.75) is 12.8 Å². The van der Waals surface area contributed by atoms with Crippen LogP contribution in [0.2, 0.25) is 0 Å². The number of carbonyl (C=O) groups is 1. The number of anilines is 2. The summed E-state index contributed by atoms with van der Waals surface area (Å²) < 4.78 is 5.55. The molecule has 0 saturated carbocycles. The van der Waals surface area contributed by atoms with Gasteiger partial charge in [0.15, 0.2) is 6.61 Å². The van der Waals surface area contributed by atoms with E-state index in [2.05, 4.69) is 6.07 Å². The Balaban J connectivity index is 1.69. The Morgan fingerprint density at radius 3 is 2.90 bits per heavy atom. The number of nitrogens with two attached hydrogens (primary N) is 1. The van der Waals surface area contributed by atoms with Gasteiger partial charge in [-0.05, 0) is 36.6 Å². The molecule has 0 saturated heterocycles. The van der Waals surface area contributed by atoms with E-state index in [-0.39, 0.29) is 12.5 Å². The van der Waals surface area contributed by atoms with Gasteiger partial charge < -0.3 is 15.4 Å². The number of para-hydroxylation sites is 1. The maximum atomic E-state index is 12.4. The minimum Gasteiger partial charge on any atom is -0.484 e. The molecule has 0 aliphatic carbocycles. The topological polar surface area (TPSA) is 55.6 Å². The van der Waals surface area contributed by atoms with Gasteiger partial charge in [0.05, 0.1) is 0 Å². The van der Waals surface area contributed by atoms with Crippen LogP contribution in [0, 0.1) is 0 Å². The summed E-state index contributed by atoms with van der Waals surface area (Å²) in [6.45, 7) is 0.772. The van der Waals surface area contributed by atoms with Crippen LogP contribution >= 0.6 is 0 Å². The van der Waals surface area contributed by atoms with Crippen LogP contribution in [0.5, 0.6) is 5.75 Å². The van der Waals surface area contributed by atoms with Crippen LogP contribution in [0.4, 0.5) is 11.4 Å². The molecule has 0 bridgehead atoms. The van der Waals surface area contributed by atoms with Crippen molar-refractivity contribution in [3.63, 3.8) is 0 Å². The molecule has 0 aromatic heterocycles. The molecule has 108 valence electrons. The van der Waals surface area contributed by atoms with Crippen LogP contribution in [-0.2, 0) is 11.2 Å². The van der Waals surface area contributed by atoms with Crippen molar-refractivity contribution in [3.05, 3.63) is 54.1 Å². The molecule has 2 aromatic carbocycles. The van der Waals surface area contributed by atoms with Crippen molar-refractivity contribution in [1.29, 1.82) is 0 Å². The molecule has 1 aliphatic rings. The molecular formula is C17H18N2O2. The number of rotatable bonds is 3. The van der Waals surface area contributed by atoms with E-state index in [0.717, 1.165) is 25.1 Å². The van der Waals surface area contributed by atoms with Gasteiger partial charge in [0.25, 0.3) is 5.91 Å². The average Bonchev–Trinajstić information content (AvgIpc) is 2.52. The van der Waals surface area contributed by atoms with Crippen LogP contribution in [-0.4, -0.2) is 19.1 Å². The first-order valence-electron chi connectivity index (χ1n) is 7.10. The second kappa shape index (κ2) is 5.87. The predicted molar refractivity (Wildman–Crippen MR) is 83.5 cm³/mol. The summed E-state index contributed by atoms with van der Waals surface area (Å²) in [7, 11) is 0. The summed E-state index contributed by atoms with van der Waals surface area (Å²) in [5.74, 6) is 0.596. The lowest BCUT2D eigenvalue weighted by atomic mass is 10.0. The molecule has 1 aliphatic heterocycles. The van der Waals surface area contributed by atoms with Gasteiger partial charge >= 0.3 is 0 Å². The zero-order valence-electron chi connectivity index (χ0n) is 11.8. The molecule has 3 rings (SSSR count). The van der Waals surface area contributed by atoms with Crippen LogP contribution < -0.4 is 15.4 Å². The third kappa shape index (κ3) is 2.99. The number of fused-ring (bicyclic) bond motifs is 1. The average molecular weight is 282 g/mol. The maximum absolute atomic E-state index is 12.4. The second-order valence-electron chi connectivity index (χ2n) is 5.14. The maximum Gasteiger partial charge on any atom is 0.264 e. The van der Waals surface area contributed by atoms with Crippen LogP contribution in [0.15, 0.2) is 48.5 Å². The first kappa shape index (κ1) is 13.5. The Labute approximate surface area is 124 Å². The summed E-state index contributed by atoms with van der Waals surface area (Å²) in [5, 5.41) is 0. The lowest BCUT2D eigenvalue weighted by Crippen LogP contribution is -2.38. The number of nitrogens with zero attached hydrogens (tertiary/aromatic N) is 1. The van der Waals surface area contributed by atoms with Crippen LogP contribution in [0.1, 0.15) is 12.0 Å². The Morgan fingerprint density at radius 2 is 2.05 bits per heavy atom. The molecule has 21 heavy (non-hydrogen) atoms. The van der Waals surface area contributed by atoms with Gasteiger partial charge in [-0.3, -0.25) is 4.79 Å². The first-order valence-corrected chi connectivity index (χ1v) is 7.10. The number of hydrogen-bond acceptors (Lipinski definition) is 3. The number of benzene rings is 2. The highest BCUT2D eigenvalue weighted by Crippen LogP contribution is 2.26. The molecule has 0 unspecified atom stereocenters. The minimum atomic E-state index is -0.0235. The third-order valence-electron chi connectivity index (χ3n) is 3.63. The Bertz CT molecular complexity index is 655. The van der Waals surface area contributed by atoms with E-state index in [9.17, 15) is 4.79 Å². The second-order valence-corrected chi connectivity index (χ2v) is 5.14. The van der Waals surface area contributed by atoms with Gasteiger partial charge in [-0.25, -0.2) is 0 Å². The highest BCUT2D eigenvalue weighted by Gasteiger charge is 2.22. The fraction of sp³-hybridized carbons (Fsp3) is 0.235. The smallest absolute Gasteiger partial charge is 0.264 e. The zero-order valence-corrected chi connectivity index (χ0v) is 11.8. The normalized spacial score (nSPS) is 13.6. The third-order valence-corrected chi connectivity index (χ3v) is 3.63. The van der Waals surface area contributed by atoms with E-state index >= 15 is 0 Å². The van der Waals surface area contributed by atoms with E-state index in [1.807, 2.05) is 29.2 Å². The molecule has 0 atom stereocenters. The Morgan fingerprint density at radius 1 is 1.19 bits per heavy atom. The molecule has 0 radical (unpaired) electrons. The molecule has 1 heterocycles.